The van der Waals surface area contributed by atoms with Crippen LogP contribution in [0.15, 0.2) is 42.5 Å². The first kappa shape index (κ1) is 13.4. The fraction of sp³-hybridized carbons (Fsp3) is 0.250. The molecule has 0 saturated heterocycles. The van der Waals surface area contributed by atoms with Crippen molar-refractivity contribution in [2.75, 3.05) is 5.73 Å². The molecule has 0 spiro atoms. The fourth-order valence-electron chi connectivity index (χ4n) is 1.83. The summed E-state index contributed by atoms with van der Waals surface area (Å²) >= 11 is 0. The molecule has 2 rings (SSSR count). The maximum absolute atomic E-state index is 13.6. The molecule has 19 heavy (non-hydrogen) atoms. The Morgan fingerprint density at radius 1 is 1.16 bits per heavy atom. The maximum atomic E-state index is 13.6. The molecule has 0 aliphatic rings. The Kier molecular flexibility index (Phi) is 4.05. The molecule has 2 aromatic carbocycles. The van der Waals surface area contributed by atoms with Crippen molar-refractivity contribution in [1.82, 2.24) is 0 Å². The lowest BCUT2D eigenvalue weighted by molar-refractivity contribution is 0.442. The zero-order valence-corrected chi connectivity index (χ0v) is 11.2. The number of nitrogens with two attached hydrogens (primary N) is 1. The van der Waals surface area contributed by atoms with Crippen molar-refractivity contribution in [2.45, 2.75) is 26.2 Å². The predicted octanol–water partition coefficient (Wildman–Crippen LogP) is 4.71. The SMILES string of the molecule is CC[C@H](C)c1ccc(Oc2ccc(N)cc2F)cc1. The molecule has 0 aliphatic carbocycles. The molecule has 0 unspecified atom stereocenters. The van der Waals surface area contributed by atoms with Crippen molar-refractivity contribution in [1.29, 1.82) is 0 Å². The third kappa shape index (κ3) is 3.25. The van der Waals surface area contributed by atoms with Crippen LogP contribution in [0.4, 0.5) is 10.1 Å². The second-order valence-corrected chi connectivity index (χ2v) is 4.67. The molecule has 0 fully saturated rings. The first-order valence-electron chi connectivity index (χ1n) is 6.43. The molecule has 2 aromatic rings. The van der Waals surface area contributed by atoms with Crippen LogP contribution in [-0.2, 0) is 0 Å². The minimum absolute atomic E-state index is 0.186. The summed E-state index contributed by atoms with van der Waals surface area (Å²) in [5.41, 5.74) is 7.14. The summed E-state index contributed by atoms with van der Waals surface area (Å²) in [6, 6.07) is 12.1. The highest BCUT2D eigenvalue weighted by atomic mass is 19.1. The van der Waals surface area contributed by atoms with Crippen molar-refractivity contribution < 1.29 is 9.13 Å². The van der Waals surface area contributed by atoms with E-state index in [9.17, 15) is 4.39 Å². The Hall–Kier alpha value is -2.03. The minimum atomic E-state index is -0.453. The van der Waals surface area contributed by atoms with Gasteiger partial charge in [-0.05, 0) is 42.2 Å². The zero-order chi connectivity index (χ0) is 13.8. The molecule has 1 atom stereocenters. The summed E-state index contributed by atoms with van der Waals surface area (Å²) in [4.78, 5) is 0. The van der Waals surface area contributed by atoms with Crippen LogP contribution in [0.2, 0.25) is 0 Å². The topological polar surface area (TPSA) is 35.2 Å². The van der Waals surface area contributed by atoms with Gasteiger partial charge in [0.2, 0.25) is 0 Å². The number of rotatable bonds is 4. The van der Waals surface area contributed by atoms with Crippen molar-refractivity contribution in [2.24, 2.45) is 0 Å². The molecule has 0 aliphatic heterocycles. The van der Waals surface area contributed by atoms with Crippen LogP contribution in [-0.4, -0.2) is 0 Å². The van der Waals surface area contributed by atoms with Gasteiger partial charge in [0.15, 0.2) is 11.6 Å². The maximum Gasteiger partial charge on any atom is 0.167 e. The van der Waals surface area contributed by atoms with Crippen molar-refractivity contribution in [3.05, 3.63) is 53.8 Å². The van der Waals surface area contributed by atoms with Gasteiger partial charge in [0, 0.05) is 11.8 Å². The first-order valence-corrected chi connectivity index (χ1v) is 6.43. The molecule has 2 nitrogen and oxygen atoms in total. The predicted molar refractivity (Wildman–Crippen MR) is 76.0 cm³/mol. The summed E-state index contributed by atoms with van der Waals surface area (Å²) in [5, 5.41) is 0. The van der Waals surface area contributed by atoms with Gasteiger partial charge in [0.05, 0.1) is 0 Å². The van der Waals surface area contributed by atoms with Gasteiger partial charge in [0.1, 0.15) is 5.75 Å². The molecule has 0 saturated carbocycles. The van der Waals surface area contributed by atoms with E-state index in [4.69, 9.17) is 10.5 Å². The smallest absolute Gasteiger partial charge is 0.167 e. The molecular weight excluding hydrogens is 241 g/mol. The van der Waals surface area contributed by atoms with E-state index in [0.29, 0.717) is 17.4 Å². The molecule has 2 N–H and O–H groups in total. The minimum Gasteiger partial charge on any atom is -0.454 e. The standard InChI is InChI=1S/C16H18FNO/c1-3-11(2)12-4-7-14(8-5-12)19-16-9-6-13(18)10-15(16)17/h4-11H,3,18H2,1-2H3/t11-/m0/s1. The van der Waals surface area contributed by atoms with E-state index in [2.05, 4.69) is 13.8 Å². The lowest BCUT2D eigenvalue weighted by Crippen LogP contribution is -1.93. The number of hydrogen-bond acceptors (Lipinski definition) is 2. The van der Waals surface area contributed by atoms with E-state index in [-0.39, 0.29) is 5.75 Å². The summed E-state index contributed by atoms with van der Waals surface area (Å²) < 4.78 is 19.1. The van der Waals surface area contributed by atoms with Gasteiger partial charge in [-0.2, -0.15) is 0 Å². The summed E-state index contributed by atoms with van der Waals surface area (Å²) in [6.45, 7) is 4.33. The highest BCUT2D eigenvalue weighted by molar-refractivity contribution is 5.44. The molecule has 0 amide bonds. The fourth-order valence-corrected chi connectivity index (χ4v) is 1.83. The Morgan fingerprint density at radius 2 is 1.84 bits per heavy atom. The molecular formula is C16H18FNO. The number of ether oxygens (including phenoxy) is 1. The van der Waals surface area contributed by atoms with E-state index < -0.39 is 5.82 Å². The Bertz CT molecular complexity index is 551. The lowest BCUT2D eigenvalue weighted by Gasteiger charge is -2.11. The highest BCUT2D eigenvalue weighted by Gasteiger charge is 2.06. The van der Waals surface area contributed by atoms with E-state index in [1.807, 2.05) is 24.3 Å². The molecule has 0 heterocycles. The van der Waals surface area contributed by atoms with Gasteiger partial charge < -0.3 is 10.5 Å². The van der Waals surface area contributed by atoms with Crippen LogP contribution in [0, 0.1) is 5.82 Å². The molecule has 100 valence electrons. The van der Waals surface area contributed by atoms with Crippen molar-refractivity contribution >= 4 is 5.69 Å². The van der Waals surface area contributed by atoms with E-state index in [0.717, 1.165) is 6.42 Å². The number of anilines is 1. The third-order valence-corrected chi connectivity index (χ3v) is 3.25. The zero-order valence-electron chi connectivity index (χ0n) is 11.2. The van der Waals surface area contributed by atoms with Gasteiger partial charge in [-0.3, -0.25) is 0 Å². The van der Waals surface area contributed by atoms with Crippen LogP contribution in [0.1, 0.15) is 31.7 Å². The van der Waals surface area contributed by atoms with Crippen LogP contribution in [0.5, 0.6) is 11.5 Å². The van der Waals surface area contributed by atoms with Crippen LogP contribution in [0.25, 0.3) is 0 Å². The quantitative estimate of drug-likeness (QED) is 0.807. The van der Waals surface area contributed by atoms with Crippen molar-refractivity contribution in [3.63, 3.8) is 0 Å². The van der Waals surface area contributed by atoms with Gasteiger partial charge in [-0.25, -0.2) is 4.39 Å². The Morgan fingerprint density at radius 3 is 2.42 bits per heavy atom. The first-order chi connectivity index (χ1) is 9.10. The lowest BCUT2D eigenvalue weighted by atomic mass is 9.99. The summed E-state index contributed by atoms with van der Waals surface area (Å²) in [6.07, 6.45) is 1.09. The van der Waals surface area contributed by atoms with Gasteiger partial charge in [-0.1, -0.05) is 26.0 Å². The number of halogens is 1. The Balaban J connectivity index is 2.15. The molecule has 0 aromatic heterocycles. The number of nitrogen functional groups attached to an aromatic ring is 1. The molecule has 0 bridgehead atoms. The van der Waals surface area contributed by atoms with Crippen LogP contribution < -0.4 is 10.5 Å². The molecule has 3 heteroatoms. The van der Waals surface area contributed by atoms with Crippen molar-refractivity contribution in [3.8, 4) is 11.5 Å². The average molecular weight is 259 g/mol. The normalized spacial score (nSPS) is 12.2. The highest BCUT2D eigenvalue weighted by Crippen LogP contribution is 2.27. The Labute approximate surface area is 113 Å². The van der Waals surface area contributed by atoms with Gasteiger partial charge >= 0.3 is 0 Å². The van der Waals surface area contributed by atoms with E-state index in [1.54, 1.807) is 6.07 Å². The molecule has 0 radical (unpaired) electrons. The number of hydrogen-bond donors (Lipinski definition) is 1. The van der Waals surface area contributed by atoms with Crippen LogP contribution in [0.3, 0.4) is 0 Å². The number of benzene rings is 2. The van der Waals surface area contributed by atoms with Gasteiger partial charge in [-0.15, -0.1) is 0 Å². The van der Waals surface area contributed by atoms with Crippen LogP contribution >= 0.6 is 0 Å². The van der Waals surface area contributed by atoms with E-state index >= 15 is 0 Å². The second kappa shape index (κ2) is 5.74. The van der Waals surface area contributed by atoms with Gasteiger partial charge in [0.25, 0.3) is 0 Å². The third-order valence-electron chi connectivity index (χ3n) is 3.25. The second-order valence-electron chi connectivity index (χ2n) is 4.67. The van der Waals surface area contributed by atoms with E-state index in [1.165, 1.54) is 17.7 Å². The summed E-state index contributed by atoms with van der Waals surface area (Å²) in [7, 11) is 0. The summed E-state index contributed by atoms with van der Waals surface area (Å²) in [5.74, 6) is 0.870. The monoisotopic (exact) mass is 259 g/mol. The largest absolute Gasteiger partial charge is 0.454 e. The average Bonchev–Trinajstić information content (AvgIpc) is 2.42.